The average Bonchev–Trinajstić information content (AvgIpc) is 2.79. The number of hydrogen-bond donors (Lipinski definition) is 2. The van der Waals surface area contributed by atoms with Gasteiger partial charge in [-0.05, 0) is 56.9 Å². The van der Waals surface area contributed by atoms with E-state index in [0.29, 0.717) is 0 Å². The molecular weight excluding hydrogens is 332 g/mol. The van der Waals surface area contributed by atoms with Crippen LogP contribution in [0.1, 0.15) is 22.0 Å². The lowest BCUT2D eigenvalue weighted by Crippen LogP contribution is -2.28. The van der Waals surface area contributed by atoms with Gasteiger partial charge in [-0.1, -0.05) is 36.4 Å². The van der Waals surface area contributed by atoms with E-state index in [2.05, 4.69) is 76.8 Å². The largest absolute Gasteiger partial charge is 0.271 e. The maximum atomic E-state index is 5.78. The van der Waals surface area contributed by atoms with Crippen LogP contribution in [-0.2, 0) is 0 Å². The van der Waals surface area contributed by atoms with E-state index in [1.54, 1.807) is 11.3 Å². The summed E-state index contributed by atoms with van der Waals surface area (Å²) in [7, 11) is 0. The van der Waals surface area contributed by atoms with Crippen LogP contribution >= 0.6 is 27.3 Å². The van der Waals surface area contributed by atoms with Gasteiger partial charge in [-0.2, -0.15) is 0 Å². The zero-order valence-corrected chi connectivity index (χ0v) is 13.5. The lowest BCUT2D eigenvalue weighted by atomic mass is 10.0. The highest BCUT2D eigenvalue weighted by Gasteiger charge is 2.16. The zero-order valence-electron chi connectivity index (χ0n) is 11.1. The second-order valence-electron chi connectivity index (χ2n) is 4.81. The average molecular weight is 347 g/mol. The molecule has 0 aliphatic heterocycles. The molecule has 0 aliphatic rings. The van der Waals surface area contributed by atoms with Gasteiger partial charge in [-0.3, -0.25) is 5.84 Å². The molecule has 0 saturated carbocycles. The number of benzene rings is 2. The highest BCUT2D eigenvalue weighted by molar-refractivity contribution is 9.11. The van der Waals surface area contributed by atoms with Crippen molar-refractivity contribution in [3.8, 4) is 0 Å². The molecule has 2 nitrogen and oxygen atoms in total. The van der Waals surface area contributed by atoms with Crippen molar-refractivity contribution >= 4 is 38.0 Å². The summed E-state index contributed by atoms with van der Waals surface area (Å²) in [4.78, 5) is 1.21. The van der Waals surface area contributed by atoms with Gasteiger partial charge in [0.2, 0.25) is 0 Å². The van der Waals surface area contributed by atoms with E-state index < -0.39 is 0 Å². The summed E-state index contributed by atoms with van der Waals surface area (Å²) in [6.45, 7) is 2.10. The molecule has 2 aromatic carbocycles. The standard InChI is InChI=1S/C16H15BrN2S/c1-10-8-14(20-16(10)17)15(19-18)13-7-6-11-4-2-3-5-12(11)9-13/h2-9,15,19H,18H2,1H3. The number of hydrogen-bond acceptors (Lipinski definition) is 3. The highest BCUT2D eigenvalue weighted by atomic mass is 79.9. The van der Waals surface area contributed by atoms with Gasteiger partial charge < -0.3 is 0 Å². The Hall–Kier alpha value is -1.20. The molecule has 3 N–H and O–H groups in total. The van der Waals surface area contributed by atoms with Crippen LogP contribution in [0.25, 0.3) is 10.8 Å². The number of nitrogens with two attached hydrogens (primary N) is 1. The maximum absolute atomic E-state index is 5.78. The second-order valence-corrected chi connectivity index (χ2v) is 7.21. The Kier molecular flexibility index (Phi) is 3.89. The third kappa shape index (κ3) is 2.52. The first-order valence-corrected chi connectivity index (χ1v) is 8.00. The summed E-state index contributed by atoms with van der Waals surface area (Å²) in [6.07, 6.45) is 0. The molecule has 1 aromatic heterocycles. The van der Waals surface area contributed by atoms with Crippen LogP contribution in [0, 0.1) is 6.92 Å². The van der Waals surface area contributed by atoms with Crippen LogP contribution in [0.15, 0.2) is 52.3 Å². The summed E-state index contributed by atoms with van der Waals surface area (Å²) in [5, 5.41) is 2.48. The number of thiophene rings is 1. The summed E-state index contributed by atoms with van der Waals surface area (Å²) < 4.78 is 1.16. The van der Waals surface area contributed by atoms with Gasteiger partial charge in [-0.15, -0.1) is 11.3 Å². The van der Waals surface area contributed by atoms with Crippen molar-refractivity contribution < 1.29 is 0 Å². The van der Waals surface area contributed by atoms with Crippen molar-refractivity contribution in [3.05, 3.63) is 68.3 Å². The monoisotopic (exact) mass is 346 g/mol. The normalized spacial score (nSPS) is 12.8. The van der Waals surface area contributed by atoms with Crippen molar-refractivity contribution in [2.45, 2.75) is 13.0 Å². The first-order chi connectivity index (χ1) is 9.69. The SMILES string of the molecule is Cc1cc(C(NN)c2ccc3ccccc3c2)sc1Br. The molecule has 0 spiro atoms. The fourth-order valence-electron chi connectivity index (χ4n) is 2.36. The van der Waals surface area contributed by atoms with Gasteiger partial charge in [0.15, 0.2) is 0 Å². The third-order valence-electron chi connectivity index (χ3n) is 3.43. The van der Waals surface area contributed by atoms with Crippen LogP contribution in [-0.4, -0.2) is 0 Å². The third-order valence-corrected chi connectivity index (χ3v) is 5.64. The number of hydrazine groups is 1. The number of aryl methyl sites for hydroxylation is 1. The van der Waals surface area contributed by atoms with Crippen LogP contribution in [0.3, 0.4) is 0 Å². The van der Waals surface area contributed by atoms with Crippen molar-refractivity contribution in [3.63, 3.8) is 0 Å². The number of fused-ring (bicyclic) bond motifs is 1. The van der Waals surface area contributed by atoms with Crippen LogP contribution in [0.4, 0.5) is 0 Å². The molecule has 0 saturated heterocycles. The predicted octanol–water partition coefficient (Wildman–Crippen LogP) is 4.52. The lowest BCUT2D eigenvalue weighted by Gasteiger charge is -2.15. The van der Waals surface area contributed by atoms with Gasteiger partial charge in [-0.25, -0.2) is 5.43 Å². The molecule has 3 rings (SSSR count). The van der Waals surface area contributed by atoms with E-state index in [1.807, 2.05) is 0 Å². The quantitative estimate of drug-likeness (QED) is 0.540. The summed E-state index contributed by atoms with van der Waals surface area (Å²) in [5.74, 6) is 5.78. The van der Waals surface area contributed by atoms with E-state index in [9.17, 15) is 0 Å². The fourth-order valence-corrected chi connectivity index (χ4v) is 4.02. The number of nitrogens with one attached hydrogen (secondary N) is 1. The van der Waals surface area contributed by atoms with Gasteiger partial charge in [0, 0.05) is 4.88 Å². The van der Waals surface area contributed by atoms with Crippen LogP contribution < -0.4 is 11.3 Å². The Morgan fingerprint density at radius 3 is 2.50 bits per heavy atom. The van der Waals surface area contributed by atoms with Crippen LogP contribution in [0.5, 0.6) is 0 Å². The fraction of sp³-hybridized carbons (Fsp3) is 0.125. The van der Waals surface area contributed by atoms with Crippen molar-refractivity contribution in [1.29, 1.82) is 0 Å². The van der Waals surface area contributed by atoms with Crippen LogP contribution in [0.2, 0.25) is 0 Å². The van der Waals surface area contributed by atoms with E-state index in [0.717, 1.165) is 3.79 Å². The molecule has 3 aromatic rings. The minimum Gasteiger partial charge on any atom is -0.271 e. The lowest BCUT2D eigenvalue weighted by molar-refractivity contribution is 0.647. The summed E-state index contributed by atoms with van der Waals surface area (Å²) in [5.41, 5.74) is 5.35. The predicted molar refractivity (Wildman–Crippen MR) is 89.9 cm³/mol. The molecule has 20 heavy (non-hydrogen) atoms. The van der Waals surface area contributed by atoms with E-state index >= 15 is 0 Å². The molecule has 1 unspecified atom stereocenters. The van der Waals surface area contributed by atoms with E-state index in [4.69, 9.17) is 5.84 Å². The number of rotatable bonds is 3. The second kappa shape index (κ2) is 5.66. The maximum Gasteiger partial charge on any atom is 0.0803 e. The summed E-state index contributed by atoms with van der Waals surface area (Å²) >= 11 is 5.30. The Morgan fingerprint density at radius 1 is 1.10 bits per heavy atom. The van der Waals surface area contributed by atoms with Gasteiger partial charge in [0.05, 0.1) is 9.83 Å². The molecule has 4 heteroatoms. The Morgan fingerprint density at radius 2 is 1.85 bits per heavy atom. The van der Waals surface area contributed by atoms with Crippen molar-refractivity contribution in [2.24, 2.45) is 5.84 Å². The number of halogens is 1. The van der Waals surface area contributed by atoms with Crippen molar-refractivity contribution in [2.75, 3.05) is 0 Å². The minimum atomic E-state index is 0.0228. The van der Waals surface area contributed by atoms with Gasteiger partial charge in [0.1, 0.15) is 0 Å². The molecule has 0 aliphatic carbocycles. The Bertz CT molecular complexity index is 732. The first kappa shape index (κ1) is 13.8. The first-order valence-electron chi connectivity index (χ1n) is 6.39. The smallest absolute Gasteiger partial charge is 0.0803 e. The van der Waals surface area contributed by atoms with E-state index in [-0.39, 0.29) is 6.04 Å². The van der Waals surface area contributed by atoms with Gasteiger partial charge >= 0.3 is 0 Å². The molecule has 0 amide bonds. The molecule has 1 atom stereocenters. The molecule has 0 bridgehead atoms. The topological polar surface area (TPSA) is 38.0 Å². The Labute approximate surface area is 130 Å². The summed E-state index contributed by atoms with van der Waals surface area (Å²) in [6, 6.07) is 17.0. The minimum absolute atomic E-state index is 0.0228. The van der Waals surface area contributed by atoms with Gasteiger partial charge in [0.25, 0.3) is 0 Å². The molecule has 0 fully saturated rings. The highest BCUT2D eigenvalue weighted by Crippen LogP contribution is 2.34. The molecule has 0 radical (unpaired) electrons. The molecule has 102 valence electrons. The zero-order chi connectivity index (χ0) is 14.1. The Balaban J connectivity index is 2.06. The van der Waals surface area contributed by atoms with Crippen molar-refractivity contribution in [1.82, 2.24) is 5.43 Å². The molecule has 1 heterocycles. The molecular formula is C16H15BrN2S. The van der Waals surface area contributed by atoms with E-state index in [1.165, 1.54) is 26.8 Å².